The van der Waals surface area contributed by atoms with E-state index in [2.05, 4.69) is 20.6 Å². The van der Waals surface area contributed by atoms with Gasteiger partial charge in [-0.15, -0.1) is 0 Å². The van der Waals surface area contributed by atoms with E-state index in [0.29, 0.717) is 18.9 Å². The summed E-state index contributed by atoms with van der Waals surface area (Å²) in [6.45, 7) is 4.85. The summed E-state index contributed by atoms with van der Waals surface area (Å²) < 4.78 is 0. The molecule has 0 aliphatic rings. The minimum atomic E-state index is -0.228. The maximum Gasteiger partial charge on any atom is 0.236 e. The molecule has 0 bridgehead atoms. The first-order valence-electron chi connectivity index (χ1n) is 5.01. The number of nitrogens with zero attached hydrogens (tertiary/aromatic N) is 2. The second-order valence-electron chi connectivity index (χ2n) is 3.16. The topological polar surface area (TPSA) is 66.9 Å². The molecule has 1 atom stereocenters. The second kappa shape index (κ2) is 6.08. The van der Waals surface area contributed by atoms with E-state index in [1.165, 1.54) is 0 Å². The van der Waals surface area contributed by atoms with Gasteiger partial charge in [0.2, 0.25) is 5.91 Å². The van der Waals surface area contributed by atoms with Crippen LogP contribution in [0.5, 0.6) is 0 Å². The summed E-state index contributed by atoms with van der Waals surface area (Å²) in [5, 5.41) is 5.79. The molecule has 1 rings (SSSR count). The summed E-state index contributed by atoms with van der Waals surface area (Å²) >= 11 is 0. The van der Waals surface area contributed by atoms with Crippen molar-refractivity contribution < 1.29 is 4.79 Å². The van der Waals surface area contributed by atoms with Crippen LogP contribution in [0.3, 0.4) is 0 Å². The minimum absolute atomic E-state index is 0.00608. The van der Waals surface area contributed by atoms with Gasteiger partial charge >= 0.3 is 0 Å². The van der Waals surface area contributed by atoms with E-state index in [4.69, 9.17) is 0 Å². The van der Waals surface area contributed by atoms with E-state index in [9.17, 15) is 4.79 Å². The quantitative estimate of drug-likeness (QED) is 0.719. The highest BCUT2D eigenvalue weighted by Crippen LogP contribution is 1.89. The van der Waals surface area contributed by atoms with Gasteiger partial charge in [0.1, 0.15) is 5.82 Å². The largest absolute Gasteiger partial charge is 0.355 e. The number of hydrogen-bond acceptors (Lipinski definition) is 4. The summed E-state index contributed by atoms with van der Waals surface area (Å²) in [6.07, 6.45) is 3.36. The van der Waals surface area contributed by atoms with Crippen LogP contribution in [-0.2, 0) is 11.3 Å². The lowest BCUT2D eigenvalue weighted by Crippen LogP contribution is -2.41. The average Bonchev–Trinajstić information content (AvgIpc) is 2.27. The van der Waals surface area contributed by atoms with Crippen LogP contribution in [0.2, 0.25) is 0 Å². The molecule has 82 valence electrons. The van der Waals surface area contributed by atoms with E-state index in [0.717, 1.165) is 0 Å². The van der Waals surface area contributed by atoms with Crippen molar-refractivity contribution >= 4 is 5.91 Å². The number of amides is 1. The van der Waals surface area contributed by atoms with Crippen molar-refractivity contribution in [3.05, 3.63) is 24.3 Å². The fourth-order valence-electron chi connectivity index (χ4n) is 1.09. The smallest absolute Gasteiger partial charge is 0.236 e. The van der Waals surface area contributed by atoms with E-state index < -0.39 is 0 Å². The summed E-state index contributed by atoms with van der Waals surface area (Å²) in [5.74, 6) is 0.682. The third-order valence-corrected chi connectivity index (χ3v) is 1.93. The monoisotopic (exact) mass is 208 g/mol. The van der Waals surface area contributed by atoms with Gasteiger partial charge in [0, 0.05) is 18.9 Å². The lowest BCUT2D eigenvalue weighted by Gasteiger charge is -2.12. The Hall–Kier alpha value is -1.49. The molecule has 0 aliphatic heterocycles. The zero-order valence-electron chi connectivity index (χ0n) is 9.03. The second-order valence-corrected chi connectivity index (χ2v) is 3.16. The number of carbonyl (C=O) groups excluding carboxylic acids is 1. The third-order valence-electron chi connectivity index (χ3n) is 1.93. The van der Waals surface area contributed by atoms with Gasteiger partial charge in [-0.3, -0.25) is 10.1 Å². The maximum atomic E-state index is 11.3. The highest BCUT2D eigenvalue weighted by atomic mass is 16.2. The van der Waals surface area contributed by atoms with Gasteiger partial charge in [-0.1, -0.05) is 0 Å². The lowest BCUT2D eigenvalue weighted by molar-refractivity contribution is -0.122. The molecule has 0 fully saturated rings. The molecule has 1 aromatic rings. The SMILES string of the molecule is CCNC(=O)C(C)NCc1ncccn1. The Labute approximate surface area is 89.3 Å². The van der Waals surface area contributed by atoms with E-state index in [1.54, 1.807) is 18.5 Å². The molecule has 1 aromatic heterocycles. The zero-order valence-corrected chi connectivity index (χ0v) is 9.03. The molecule has 1 heterocycles. The zero-order chi connectivity index (χ0) is 11.1. The fraction of sp³-hybridized carbons (Fsp3) is 0.500. The van der Waals surface area contributed by atoms with Crippen LogP contribution in [-0.4, -0.2) is 28.5 Å². The van der Waals surface area contributed by atoms with Gasteiger partial charge in [0.25, 0.3) is 0 Å². The maximum absolute atomic E-state index is 11.3. The molecule has 0 spiro atoms. The summed E-state index contributed by atoms with van der Waals surface area (Å²) in [7, 11) is 0. The molecule has 0 radical (unpaired) electrons. The Morgan fingerprint density at radius 2 is 2.13 bits per heavy atom. The van der Waals surface area contributed by atoms with Crippen molar-refractivity contribution in [2.24, 2.45) is 0 Å². The fourth-order valence-corrected chi connectivity index (χ4v) is 1.09. The predicted octanol–water partition coefficient (Wildman–Crippen LogP) is 0.0908. The van der Waals surface area contributed by atoms with Crippen molar-refractivity contribution in [1.29, 1.82) is 0 Å². The number of likely N-dealkylation sites (N-methyl/N-ethyl adjacent to an activating group) is 1. The number of aromatic nitrogens is 2. The Morgan fingerprint density at radius 1 is 1.47 bits per heavy atom. The van der Waals surface area contributed by atoms with Crippen LogP contribution >= 0.6 is 0 Å². The molecule has 0 saturated heterocycles. The molecule has 2 N–H and O–H groups in total. The van der Waals surface area contributed by atoms with Gasteiger partial charge in [0.05, 0.1) is 12.6 Å². The number of carbonyl (C=O) groups is 1. The minimum Gasteiger partial charge on any atom is -0.355 e. The summed E-state index contributed by atoms with van der Waals surface area (Å²) in [4.78, 5) is 19.5. The van der Waals surface area contributed by atoms with Crippen molar-refractivity contribution in [1.82, 2.24) is 20.6 Å². The first kappa shape index (κ1) is 11.6. The molecule has 1 amide bonds. The molecular formula is C10H16N4O. The van der Waals surface area contributed by atoms with E-state index >= 15 is 0 Å². The van der Waals surface area contributed by atoms with Crippen LogP contribution in [0.1, 0.15) is 19.7 Å². The van der Waals surface area contributed by atoms with Gasteiger partial charge in [-0.2, -0.15) is 0 Å². The highest BCUT2D eigenvalue weighted by Gasteiger charge is 2.10. The number of nitrogens with one attached hydrogen (secondary N) is 2. The summed E-state index contributed by atoms with van der Waals surface area (Å²) in [6, 6.07) is 1.53. The van der Waals surface area contributed by atoms with Crippen LogP contribution in [0.25, 0.3) is 0 Å². The van der Waals surface area contributed by atoms with Gasteiger partial charge in [0.15, 0.2) is 0 Å². The van der Waals surface area contributed by atoms with Crippen LogP contribution < -0.4 is 10.6 Å². The van der Waals surface area contributed by atoms with Gasteiger partial charge in [-0.05, 0) is 19.9 Å². The molecule has 0 saturated carbocycles. The molecule has 15 heavy (non-hydrogen) atoms. The van der Waals surface area contributed by atoms with Crippen LogP contribution in [0.4, 0.5) is 0 Å². The number of rotatable bonds is 5. The van der Waals surface area contributed by atoms with E-state index in [-0.39, 0.29) is 11.9 Å². The standard InChI is InChI=1S/C10H16N4O/c1-3-11-10(15)8(2)14-7-9-12-5-4-6-13-9/h4-6,8,14H,3,7H2,1-2H3,(H,11,15). The first-order chi connectivity index (χ1) is 7.24. The molecule has 1 unspecified atom stereocenters. The van der Waals surface area contributed by atoms with Crippen LogP contribution in [0, 0.1) is 0 Å². The Balaban J connectivity index is 2.34. The Bertz CT molecular complexity index is 302. The van der Waals surface area contributed by atoms with Crippen molar-refractivity contribution in [2.45, 2.75) is 26.4 Å². The highest BCUT2D eigenvalue weighted by molar-refractivity contribution is 5.81. The predicted molar refractivity (Wildman–Crippen MR) is 57.0 cm³/mol. The normalized spacial score (nSPS) is 12.1. The van der Waals surface area contributed by atoms with Crippen molar-refractivity contribution in [3.8, 4) is 0 Å². The first-order valence-corrected chi connectivity index (χ1v) is 5.01. The number of hydrogen-bond donors (Lipinski definition) is 2. The van der Waals surface area contributed by atoms with E-state index in [1.807, 2.05) is 13.8 Å². The lowest BCUT2D eigenvalue weighted by atomic mass is 10.3. The van der Waals surface area contributed by atoms with Crippen LogP contribution in [0.15, 0.2) is 18.5 Å². The average molecular weight is 208 g/mol. The van der Waals surface area contributed by atoms with Gasteiger partial charge < -0.3 is 5.32 Å². The Kier molecular flexibility index (Phi) is 4.70. The Morgan fingerprint density at radius 3 is 2.73 bits per heavy atom. The molecule has 5 heteroatoms. The third kappa shape index (κ3) is 4.03. The molecular weight excluding hydrogens is 192 g/mol. The molecule has 0 aliphatic carbocycles. The van der Waals surface area contributed by atoms with Crippen molar-refractivity contribution in [3.63, 3.8) is 0 Å². The van der Waals surface area contributed by atoms with Gasteiger partial charge in [-0.25, -0.2) is 9.97 Å². The summed E-state index contributed by atoms with van der Waals surface area (Å²) in [5.41, 5.74) is 0. The molecule has 0 aromatic carbocycles. The van der Waals surface area contributed by atoms with Crippen molar-refractivity contribution in [2.75, 3.05) is 6.54 Å². The molecule has 5 nitrogen and oxygen atoms in total.